The summed E-state index contributed by atoms with van der Waals surface area (Å²) >= 11 is 3.26. The molecule has 2 amide bonds. The summed E-state index contributed by atoms with van der Waals surface area (Å²) in [7, 11) is 0. The highest BCUT2D eigenvalue weighted by Crippen LogP contribution is 2.48. The van der Waals surface area contributed by atoms with Crippen molar-refractivity contribution in [2.24, 2.45) is 5.16 Å². The molecule has 43 heavy (non-hydrogen) atoms. The van der Waals surface area contributed by atoms with Crippen LogP contribution in [-0.4, -0.2) is 70.0 Å². The number of benzene rings is 2. The predicted molar refractivity (Wildman–Crippen MR) is 158 cm³/mol. The Morgan fingerprint density at radius 3 is 2.42 bits per heavy atom. The molecule has 1 fully saturated rings. The van der Waals surface area contributed by atoms with Crippen LogP contribution in [0, 0.1) is 0 Å². The van der Waals surface area contributed by atoms with Gasteiger partial charge in [-0.25, -0.2) is 14.9 Å². The number of ether oxygens (including phenoxy) is 1. The van der Waals surface area contributed by atoms with Crippen molar-refractivity contribution in [3.8, 4) is 0 Å². The van der Waals surface area contributed by atoms with Crippen LogP contribution in [0.5, 0.6) is 0 Å². The fourth-order valence-corrected chi connectivity index (χ4v) is 7.45. The number of β-lactam (4-membered cyclic amide) rings is 1. The summed E-state index contributed by atoms with van der Waals surface area (Å²) in [6.07, 6.45) is -0.652. The van der Waals surface area contributed by atoms with Crippen LogP contribution in [0.25, 0.3) is 0 Å². The topological polar surface area (TPSA) is 202 Å². The van der Waals surface area contributed by atoms with Gasteiger partial charge >= 0.3 is 5.97 Å². The molecule has 4 heterocycles. The number of H-pyrrole nitrogens is 1. The minimum Gasteiger partial charge on any atom is -0.448 e. The molecule has 14 nitrogen and oxygen atoms in total. The molecule has 0 aliphatic carbocycles. The van der Waals surface area contributed by atoms with Gasteiger partial charge in [0.25, 0.3) is 5.91 Å². The van der Waals surface area contributed by atoms with E-state index in [1.807, 2.05) is 60.7 Å². The number of nitrogens with one attached hydrogen (secondary N) is 2. The van der Waals surface area contributed by atoms with Crippen LogP contribution in [0.4, 0.5) is 5.13 Å². The lowest BCUT2D eigenvalue weighted by Gasteiger charge is -2.46. The summed E-state index contributed by atoms with van der Waals surface area (Å²) in [5.41, 5.74) is 6.80. The van der Waals surface area contributed by atoms with Gasteiger partial charge in [0, 0.05) is 5.38 Å². The van der Waals surface area contributed by atoms with Crippen LogP contribution >= 0.6 is 34.9 Å². The number of nitrogens with zero attached hydrogens (tertiary/aromatic N) is 6. The van der Waals surface area contributed by atoms with Crippen molar-refractivity contribution in [1.82, 2.24) is 35.8 Å². The summed E-state index contributed by atoms with van der Waals surface area (Å²) in [5, 5.41) is 29.8. The molecule has 1 saturated heterocycles. The number of anilines is 1. The van der Waals surface area contributed by atoms with Gasteiger partial charge in [0.05, 0.1) is 16.7 Å². The van der Waals surface area contributed by atoms with Gasteiger partial charge < -0.3 is 21.0 Å². The van der Waals surface area contributed by atoms with Crippen molar-refractivity contribution in [3.63, 3.8) is 0 Å². The molecule has 0 saturated carbocycles. The maximum atomic E-state index is 14.1. The Labute approximate surface area is 255 Å². The van der Waals surface area contributed by atoms with Gasteiger partial charge in [-0.1, -0.05) is 65.8 Å². The Hall–Kier alpha value is -4.74. The average molecular weight is 636 g/mol. The van der Waals surface area contributed by atoms with Crippen LogP contribution < -0.4 is 11.1 Å². The lowest BCUT2D eigenvalue weighted by molar-refractivity contribution is -0.151. The Kier molecular flexibility index (Phi) is 8.08. The zero-order valence-corrected chi connectivity index (χ0v) is 24.3. The van der Waals surface area contributed by atoms with E-state index >= 15 is 0 Å². The smallest absolute Gasteiger partial charge is 0.357 e. The Morgan fingerprint density at radius 1 is 1.16 bits per heavy atom. The highest BCUT2D eigenvalue weighted by molar-refractivity contribution is 8.06. The second-order valence-corrected chi connectivity index (χ2v) is 12.3. The van der Waals surface area contributed by atoms with Crippen molar-refractivity contribution in [1.29, 1.82) is 0 Å². The fraction of sp³-hybridized carbons (Fsp3) is 0.154. The highest BCUT2D eigenvalue weighted by Gasteiger charge is 2.50. The van der Waals surface area contributed by atoms with Crippen LogP contribution in [0.15, 0.2) is 87.0 Å². The first-order chi connectivity index (χ1) is 20.9. The number of amides is 2. The number of nitrogens with two attached hydrogens (primary N) is 1. The van der Waals surface area contributed by atoms with Gasteiger partial charge in [-0.05, 0) is 33.3 Å². The number of nitrogen functional groups attached to an aromatic ring is 1. The van der Waals surface area contributed by atoms with Crippen molar-refractivity contribution in [2.45, 2.75) is 28.4 Å². The summed E-state index contributed by atoms with van der Waals surface area (Å²) < 4.78 is 6.13. The number of hydrogen-bond acceptors (Lipinski definition) is 14. The summed E-state index contributed by atoms with van der Waals surface area (Å²) in [5.74, 6) is -1.85. The first-order valence-electron chi connectivity index (χ1n) is 12.6. The third-order valence-electron chi connectivity index (χ3n) is 6.41. The second kappa shape index (κ2) is 12.2. The normalized spacial score (nSPS) is 18.3. The molecule has 0 bridgehead atoms. The van der Waals surface area contributed by atoms with Gasteiger partial charge in [-0.15, -0.1) is 28.2 Å². The summed E-state index contributed by atoms with van der Waals surface area (Å²) in [6, 6.07) is 18.4. The van der Waals surface area contributed by atoms with Crippen molar-refractivity contribution in [2.75, 3.05) is 5.73 Å². The molecule has 218 valence electrons. The Bertz CT molecular complexity index is 1670. The number of thiazole rings is 1. The minimum absolute atomic E-state index is 0.0519. The number of tetrazole rings is 1. The van der Waals surface area contributed by atoms with Crippen molar-refractivity contribution >= 4 is 63.5 Å². The van der Waals surface area contributed by atoms with Gasteiger partial charge in [-0.3, -0.25) is 14.5 Å². The monoisotopic (exact) mass is 635 g/mol. The first-order valence-corrected chi connectivity index (χ1v) is 15.2. The molecule has 5 N–H and O–H groups in total. The van der Waals surface area contributed by atoms with E-state index in [-0.39, 0.29) is 44.6 Å². The number of fused-ring (bicyclic) bond motifs is 1. The maximum absolute atomic E-state index is 14.1. The lowest BCUT2D eigenvalue weighted by atomic mass is 10.0. The zero-order chi connectivity index (χ0) is 29.9. The minimum atomic E-state index is -0.890. The SMILES string of the molecule is Nc1nc(/C(=N/O)C(=O)NC2SC3CC(=O)N3C(C(=O)OC(c3ccccc3)c3ccccc3)=C2Sc2nnn[nH]2)cs1. The van der Waals surface area contributed by atoms with Gasteiger partial charge in [0.15, 0.2) is 16.9 Å². The maximum Gasteiger partial charge on any atom is 0.357 e. The first kappa shape index (κ1) is 28.4. The van der Waals surface area contributed by atoms with E-state index in [1.165, 1.54) is 22.0 Å². The second-order valence-electron chi connectivity index (χ2n) is 9.06. The van der Waals surface area contributed by atoms with Gasteiger partial charge in [-0.2, -0.15) is 0 Å². The number of rotatable bonds is 9. The molecule has 2 aromatic heterocycles. The zero-order valence-electron chi connectivity index (χ0n) is 21.9. The fourth-order valence-electron chi connectivity index (χ4n) is 4.47. The third kappa shape index (κ3) is 5.81. The quantitative estimate of drug-likeness (QED) is 0.0689. The molecule has 2 aliphatic heterocycles. The van der Waals surface area contributed by atoms with E-state index in [9.17, 15) is 19.6 Å². The van der Waals surface area contributed by atoms with E-state index in [0.29, 0.717) is 0 Å². The average Bonchev–Trinajstić information content (AvgIpc) is 3.69. The number of thioether (sulfide) groups is 2. The summed E-state index contributed by atoms with van der Waals surface area (Å²) in [6.45, 7) is 0. The Balaban J connectivity index is 1.39. The van der Waals surface area contributed by atoms with E-state index in [1.54, 1.807) is 0 Å². The largest absolute Gasteiger partial charge is 0.448 e. The van der Waals surface area contributed by atoms with E-state index in [4.69, 9.17) is 10.5 Å². The molecular weight excluding hydrogens is 615 g/mol. The number of hydrogen-bond donors (Lipinski definition) is 4. The summed E-state index contributed by atoms with van der Waals surface area (Å²) in [4.78, 5) is 45.9. The standard InChI is InChI=1S/C26H21N9O5S3/c27-25-28-15(12-41-25)18(32-39)22(37)29-23-21(43-26-30-33-34-31-26)19(35-16(36)11-17(35)42-23)24(38)40-20(13-7-3-1-4-8-13)14-9-5-2-6-10-14/h1-10,12,17,20,23,39H,11H2,(H2,27,28)(H,29,37)(H,30,31,33,34)/b32-18-. The molecule has 0 radical (unpaired) electrons. The van der Waals surface area contributed by atoms with Crippen LogP contribution in [-0.2, 0) is 19.1 Å². The molecular formula is C26H21N9O5S3. The van der Waals surface area contributed by atoms with Crippen LogP contribution in [0.3, 0.4) is 0 Å². The lowest BCUT2D eigenvalue weighted by Crippen LogP contribution is -2.57. The number of aromatic amines is 1. The highest BCUT2D eigenvalue weighted by atomic mass is 32.2. The third-order valence-corrected chi connectivity index (χ3v) is 9.56. The number of oxime groups is 1. The molecule has 4 aromatic rings. The molecule has 2 aliphatic rings. The van der Waals surface area contributed by atoms with Crippen LogP contribution in [0.2, 0.25) is 0 Å². The van der Waals surface area contributed by atoms with Crippen LogP contribution in [0.1, 0.15) is 29.3 Å². The van der Waals surface area contributed by atoms with Gasteiger partial charge in [0.1, 0.15) is 16.8 Å². The molecule has 2 aromatic carbocycles. The molecule has 0 spiro atoms. The van der Waals surface area contributed by atoms with E-state index in [2.05, 4.69) is 36.1 Å². The Morgan fingerprint density at radius 2 is 1.86 bits per heavy atom. The van der Waals surface area contributed by atoms with Crippen molar-refractivity contribution in [3.05, 3.63) is 93.5 Å². The molecule has 2 atom stereocenters. The number of carbonyl (C=O) groups excluding carboxylic acids is 3. The molecule has 2 unspecified atom stereocenters. The number of carbonyl (C=O) groups is 3. The number of esters is 1. The van der Waals surface area contributed by atoms with Crippen molar-refractivity contribution < 1.29 is 24.3 Å². The predicted octanol–water partition coefficient (Wildman–Crippen LogP) is 2.50. The van der Waals surface area contributed by atoms with Gasteiger partial charge in [0.2, 0.25) is 11.1 Å². The van der Waals surface area contributed by atoms with E-state index < -0.39 is 28.7 Å². The number of aromatic nitrogens is 5. The molecule has 6 rings (SSSR count). The molecule has 17 heteroatoms. The van der Waals surface area contributed by atoms with E-state index in [0.717, 1.165) is 34.2 Å².